The Morgan fingerprint density at radius 2 is 1.56 bits per heavy atom. The summed E-state index contributed by atoms with van der Waals surface area (Å²) in [4.78, 5) is 10.9. The number of fused-ring (bicyclic) bond motifs is 1. The van der Waals surface area contributed by atoms with E-state index in [9.17, 15) is 4.79 Å². The summed E-state index contributed by atoms with van der Waals surface area (Å²) < 4.78 is 4.95. The van der Waals surface area contributed by atoms with Crippen LogP contribution >= 0.6 is 0 Å². The lowest BCUT2D eigenvalue weighted by Gasteiger charge is -2.25. The highest BCUT2D eigenvalue weighted by atomic mass is 16.5. The molecule has 0 bridgehead atoms. The fourth-order valence-corrected chi connectivity index (χ4v) is 3.19. The maximum absolute atomic E-state index is 10.9. The standard InChI is InChI=1S/C21H22N2O2/c22-20(16-7-2-1-3-8-16)19(12-13-25-21(23)24)18-11-10-15-6-4-5-9-17(15)14-18/h1-11,14,19-20H,12-13,22H2,(H2,23,24). The van der Waals surface area contributed by atoms with Crippen molar-refractivity contribution in [2.75, 3.05) is 6.61 Å². The lowest BCUT2D eigenvalue weighted by atomic mass is 9.84. The molecule has 0 aliphatic heterocycles. The molecule has 3 aromatic rings. The quantitative estimate of drug-likeness (QED) is 0.712. The van der Waals surface area contributed by atoms with Crippen LogP contribution in [0, 0.1) is 0 Å². The van der Waals surface area contributed by atoms with E-state index in [1.54, 1.807) is 0 Å². The molecule has 0 radical (unpaired) electrons. The molecule has 0 aliphatic rings. The van der Waals surface area contributed by atoms with E-state index >= 15 is 0 Å². The van der Waals surface area contributed by atoms with Crippen molar-refractivity contribution in [3.05, 3.63) is 83.9 Å². The van der Waals surface area contributed by atoms with Gasteiger partial charge in [-0.25, -0.2) is 4.79 Å². The second-order valence-electron chi connectivity index (χ2n) is 6.11. The molecule has 3 rings (SSSR count). The van der Waals surface area contributed by atoms with Crippen molar-refractivity contribution in [3.63, 3.8) is 0 Å². The van der Waals surface area contributed by atoms with Crippen molar-refractivity contribution in [2.24, 2.45) is 11.5 Å². The first-order valence-corrected chi connectivity index (χ1v) is 8.36. The maximum Gasteiger partial charge on any atom is 0.404 e. The molecule has 4 N–H and O–H groups in total. The molecule has 25 heavy (non-hydrogen) atoms. The predicted molar refractivity (Wildman–Crippen MR) is 100 cm³/mol. The summed E-state index contributed by atoms with van der Waals surface area (Å²) in [6.07, 6.45) is -0.150. The van der Waals surface area contributed by atoms with Gasteiger partial charge in [0.25, 0.3) is 0 Å². The van der Waals surface area contributed by atoms with Gasteiger partial charge in [-0.3, -0.25) is 0 Å². The molecule has 3 aromatic carbocycles. The Labute approximate surface area is 147 Å². The number of benzene rings is 3. The SMILES string of the molecule is NC(=O)OCCC(c1ccc2ccccc2c1)C(N)c1ccccc1. The summed E-state index contributed by atoms with van der Waals surface area (Å²) in [5.74, 6) is 0.0198. The van der Waals surface area contributed by atoms with Gasteiger partial charge in [0.15, 0.2) is 0 Å². The largest absolute Gasteiger partial charge is 0.450 e. The Hall–Kier alpha value is -2.85. The van der Waals surface area contributed by atoms with E-state index in [1.165, 1.54) is 10.8 Å². The number of carbonyl (C=O) groups is 1. The smallest absolute Gasteiger partial charge is 0.404 e. The third-order valence-corrected chi connectivity index (χ3v) is 4.49. The molecule has 0 saturated heterocycles. The van der Waals surface area contributed by atoms with E-state index in [0.717, 1.165) is 11.1 Å². The van der Waals surface area contributed by atoms with E-state index < -0.39 is 6.09 Å². The molecule has 1 amide bonds. The number of carbonyl (C=O) groups excluding carboxylic acids is 1. The third kappa shape index (κ3) is 4.17. The van der Waals surface area contributed by atoms with Crippen molar-refractivity contribution in [3.8, 4) is 0 Å². The molecule has 0 saturated carbocycles. The predicted octanol–water partition coefficient (Wildman–Crippen LogP) is 4.11. The second-order valence-corrected chi connectivity index (χ2v) is 6.11. The van der Waals surface area contributed by atoms with Gasteiger partial charge < -0.3 is 16.2 Å². The van der Waals surface area contributed by atoms with E-state index in [0.29, 0.717) is 6.42 Å². The van der Waals surface area contributed by atoms with Crippen LogP contribution in [-0.4, -0.2) is 12.7 Å². The molecule has 2 atom stereocenters. The first kappa shape index (κ1) is 17.0. The summed E-state index contributed by atoms with van der Waals surface area (Å²) in [6.45, 7) is 0.243. The summed E-state index contributed by atoms with van der Waals surface area (Å²) in [5, 5.41) is 2.35. The summed E-state index contributed by atoms with van der Waals surface area (Å²) in [5.41, 5.74) is 13.8. The van der Waals surface area contributed by atoms with E-state index in [2.05, 4.69) is 30.3 Å². The van der Waals surface area contributed by atoms with Crippen molar-refractivity contribution in [2.45, 2.75) is 18.4 Å². The Morgan fingerprint density at radius 1 is 0.880 bits per heavy atom. The van der Waals surface area contributed by atoms with E-state index in [4.69, 9.17) is 16.2 Å². The zero-order valence-electron chi connectivity index (χ0n) is 14.0. The van der Waals surface area contributed by atoms with Crippen LogP contribution in [0.4, 0.5) is 4.79 Å². The number of ether oxygens (including phenoxy) is 1. The van der Waals surface area contributed by atoms with Gasteiger partial charge in [0.2, 0.25) is 0 Å². The molecule has 2 unspecified atom stereocenters. The monoisotopic (exact) mass is 334 g/mol. The number of hydrogen-bond acceptors (Lipinski definition) is 3. The highest BCUT2D eigenvalue weighted by Gasteiger charge is 2.22. The minimum atomic E-state index is -0.759. The van der Waals surface area contributed by atoms with Crippen LogP contribution in [0.2, 0.25) is 0 Å². The van der Waals surface area contributed by atoms with Crippen LogP contribution in [0.5, 0.6) is 0 Å². The number of amides is 1. The zero-order valence-corrected chi connectivity index (χ0v) is 14.0. The molecule has 4 nitrogen and oxygen atoms in total. The van der Waals surface area contributed by atoms with Gasteiger partial charge in [-0.05, 0) is 28.3 Å². The van der Waals surface area contributed by atoms with E-state index in [1.807, 2.05) is 42.5 Å². The molecular weight excluding hydrogens is 312 g/mol. The maximum atomic E-state index is 10.9. The topological polar surface area (TPSA) is 78.3 Å². The number of primary amides is 1. The van der Waals surface area contributed by atoms with Crippen LogP contribution in [0.25, 0.3) is 10.8 Å². The second kappa shape index (κ2) is 7.81. The van der Waals surface area contributed by atoms with Crippen LogP contribution in [-0.2, 0) is 4.74 Å². The van der Waals surface area contributed by atoms with Gasteiger partial charge in [0, 0.05) is 12.0 Å². The Kier molecular flexibility index (Phi) is 5.31. The molecular formula is C21H22N2O2. The fourth-order valence-electron chi connectivity index (χ4n) is 3.19. The van der Waals surface area contributed by atoms with E-state index in [-0.39, 0.29) is 18.6 Å². The zero-order chi connectivity index (χ0) is 17.6. The van der Waals surface area contributed by atoms with Gasteiger partial charge in [-0.15, -0.1) is 0 Å². The van der Waals surface area contributed by atoms with Crippen molar-refractivity contribution in [1.29, 1.82) is 0 Å². The highest BCUT2D eigenvalue weighted by Crippen LogP contribution is 2.33. The fraction of sp³-hybridized carbons (Fsp3) is 0.190. The first-order chi connectivity index (χ1) is 12.1. The molecule has 0 fully saturated rings. The summed E-state index contributed by atoms with van der Waals surface area (Å²) >= 11 is 0. The minimum absolute atomic E-state index is 0.0198. The lowest BCUT2D eigenvalue weighted by molar-refractivity contribution is 0.151. The first-order valence-electron chi connectivity index (χ1n) is 8.36. The number of hydrogen-bond donors (Lipinski definition) is 2. The minimum Gasteiger partial charge on any atom is -0.450 e. The average molecular weight is 334 g/mol. The molecule has 128 valence electrons. The molecule has 0 spiro atoms. The molecule has 4 heteroatoms. The van der Waals surface area contributed by atoms with Crippen LogP contribution < -0.4 is 11.5 Å². The third-order valence-electron chi connectivity index (χ3n) is 4.49. The van der Waals surface area contributed by atoms with Crippen molar-refractivity contribution >= 4 is 16.9 Å². The Balaban J connectivity index is 1.92. The Bertz CT molecular complexity index is 849. The van der Waals surface area contributed by atoms with Crippen LogP contribution in [0.3, 0.4) is 0 Å². The van der Waals surface area contributed by atoms with Crippen LogP contribution in [0.15, 0.2) is 72.8 Å². The highest BCUT2D eigenvalue weighted by molar-refractivity contribution is 5.83. The normalized spacial score (nSPS) is 13.3. The molecule has 0 aliphatic carbocycles. The lowest BCUT2D eigenvalue weighted by Crippen LogP contribution is -2.23. The van der Waals surface area contributed by atoms with Crippen molar-refractivity contribution < 1.29 is 9.53 Å². The summed E-state index contributed by atoms with van der Waals surface area (Å²) in [7, 11) is 0. The number of nitrogens with two attached hydrogens (primary N) is 2. The van der Waals surface area contributed by atoms with Crippen molar-refractivity contribution in [1.82, 2.24) is 0 Å². The summed E-state index contributed by atoms with van der Waals surface area (Å²) in [6, 6.07) is 24.4. The molecule has 0 aromatic heterocycles. The van der Waals surface area contributed by atoms with Crippen LogP contribution in [0.1, 0.15) is 29.5 Å². The molecule has 0 heterocycles. The van der Waals surface area contributed by atoms with Gasteiger partial charge in [-0.1, -0.05) is 72.8 Å². The number of rotatable bonds is 6. The average Bonchev–Trinajstić information content (AvgIpc) is 2.65. The van der Waals surface area contributed by atoms with Gasteiger partial charge in [0.1, 0.15) is 0 Å². The van der Waals surface area contributed by atoms with Gasteiger partial charge >= 0.3 is 6.09 Å². The van der Waals surface area contributed by atoms with Gasteiger partial charge in [-0.2, -0.15) is 0 Å². The van der Waals surface area contributed by atoms with Gasteiger partial charge in [0.05, 0.1) is 6.61 Å². The Morgan fingerprint density at radius 3 is 2.28 bits per heavy atom.